The van der Waals surface area contributed by atoms with Gasteiger partial charge in [-0.3, -0.25) is 0 Å². The molecule has 0 spiro atoms. The first kappa shape index (κ1) is 7.54. The maximum absolute atomic E-state index is 4.15. The van der Waals surface area contributed by atoms with Crippen LogP contribution in [0.25, 0.3) is 0 Å². The highest BCUT2D eigenvalue weighted by atomic mass is 32.1. The number of hydrogen-bond donors (Lipinski definition) is 0. The maximum Gasteiger partial charge on any atom is 0.185 e. The van der Waals surface area contributed by atoms with E-state index in [1.807, 2.05) is 0 Å². The minimum Gasteiger partial charge on any atom is -0.349 e. The number of anilines is 1. The van der Waals surface area contributed by atoms with Crippen molar-refractivity contribution in [2.45, 2.75) is 13.8 Å². The van der Waals surface area contributed by atoms with Crippen LogP contribution in [0.15, 0.2) is 6.20 Å². The van der Waals surface area contributed by atoms with E-state index in [4.69, 9.17) is 0 Å². The van der Waals surface area contributed by atoms with E-state index >= 15 is 0 Å². The fourth-order valence-electron chi connectivity index (χ4n) is 0.827. The zero-order chi connectivity index (χ0) is 7.40. The van der Waals surface area contributed by atoms with E-state index < -0.39 is 0 Å². The highest BCUT2D eigenvalue weighted by molar-refractivity contribution is 7.13. The molecule has 0 atom stereocenters. The third-order valence-corrected chi connectivity index (χ3v) is 2.18. The molecule has 55 valence electrons. The lowest BCUT2D eigenvalue weighted by Gasteiger charge is -2.15. The highest BCUT2D eigenvalue weighted by Gasteiger charge is 2.01. The Morgan fingerprint density at radius 1 is 1.60 bits per heavy atom. The van der Waals surface area contributed by atoms with E-state index in [1.54, 1.807) is 17.5 Å². The van der Waals surface area contributed by atoms with E-state index in [1.165, 1.54) is 0 Å². The molecule has 0 unspecified atom stereocenters. The molecule has 0 aliphatic carbocycles. The Bertz CT molecular complexity index is 168. The minimum absolute atomic E-state index is 1.03. The number of thiazole rings is 1. The molecule has 0 saturated heterocycles. The van der Waals surface area contributed by atoms with Crippen LogP contribution in [0.5, 0.6) is 0 Å². The third kappa shape index (κ3) is 1.48. The molecule has 0 aliphatic heterocycles. The van der Waals surface area contributed by atoms with E-state index in [0.29, 0.717) is 0 Å². The molecule has 0 amide bonds. The smallest absolute Gasteiger partial charge is 0.185 e. The lowest BCUT2D eigenvalue weighted by molar-refractivity contribution is 0.860. The van der Waals surface area contributed by atoms with Crippen LogP contribution in [0, 0.1) is 5.38 Å². The van der Waals surface area contributed by atoms with Crippen molar-refractivity contribution in [2.75, 3.05) is 18.0 Å². The van der Waals surface area contributed by atoms with E-state index in [9.17, 15) is 0 Å². The van der Waals surface area contributed by atoms with Gasteiger partial charge in [0.15, 0.2) is 5.13 Å². The Kier molecular flexibility index (Phi) is 2.68. The Morgan fingerprint density at radius 3 is 2.70 bits per heavy atom. The van der Waals surface area contributed by atoms with Crippen LogP contribution in [0.2, 0.25) is 0 Å². The summed E-state index contributed by atoms with van der Waals surface area (Å²) in [5, 5.41) is 4.04. The number of hydrogen-bond acceptors (Lipinski definition) is 3. The summed E-state index contributed by atoms with van der Waals surface area (Å²) in [6, 6.07) is 0. The van der Waals surface area contributed by atoms with Crippen molar-refractivity contribution in [1.82, 2.24) is 4.98 Å². The van der Waals surface area contributed by atoms with Gasteiger partial charge >= 0.3 is 0 Å². The zero-order valence-electron chi connectivity index (χ0n) is 6.29. The molecule has 3 heteroatoms. The second-order valence-electron chi connectivity index (χ2n) is 1.93. The molecule has 0 aromatic carbocycles. The van der Waals surface area contributed by atoms with Gasteiger partial charge in [0, 0.05) is 19.3 Å². The van der Waals surface area contributed by atoms with Gasteiger partial charge in [-0.2, -0.15) is 0 Å². The first-order valence-electron chi connectivity index (χ1n) is 3.45. The number of nitrogens with zero attached hydrogens (tertiary/aromatic N) is 2. The summed E-state index contributed by atoms with van der Waals surface area (Å²) in [5.41, 5.74) is 0. The van der Waals surface area contributed by atoms with E-state index in [0.717, 1.165) is 18.2 Å². The molecule has 1 aromatic heterocycles. The zero-order valence-corrected chi connectivity index (χ0v) is 7.11. The molecular formula is C7H11N2S. The second kappa shape index (κ2) is 3.56. The summed E-state index contributed by atoms with van der Waals surface area (Å²) in [4.78, 5) is 6.36. The average molecular weight is 155 g/mol. The lowest BCUT2D eigenvalue weighted by Crippen LogP contribution is -2.21. The largest absolute Gasteiger partial charge is 0.349 e. The third-order valence-electron chi connectivity index (χ3n) is 1.41. The molecular weight excluding hydrogens is 144 g/mol. The normalized spacial score (nSPS) is 9.80. The molecule has 0 aliphatic rings. The summed E-state index contributed by atoms with van der Waals surface area (Å²) in [7, 11) is 0. The lowest BCUT2D eigenvalue weighted by atomic mass is 10.6. The van der Waals surface area contributed by atoms with Gasteiger partial charge in [-0.05, 0) is 13.8 Å². The number of rotatable bonds is 3. The van der Waals surface area contributed by atoms with Crippen molar-refractivity contribution in [3.05, 3.63) is 11.6 Å². The van der Waals surface area contributed by atoms with Crippen molar-refractivity contribution in [2.24, 2.45) is 0 Å². The summed E-state index contributed by atoms with van der Waals surface area (Å²) in [5.74, 6) is 0. The Balaban J connectivity index is 2.64. The molecule has 10 heavy (non-hydrogen) atoms. The van der Waals surface area contributed by atoms with Crippen LogP contribution in [-0.2, 0) is 0 Å². The van der Waals surface area contributed by atoms with Crippen LogP contribution in [0.4, 0.5) is 5.13 Å². The fraction of sp³-hybridized carbons (Fsp3) is 0.571. The summed E-state index contributed by atoms with van der Waals surface area (Å²) in [6.45, 7) is 6.31. The monoisotopic (exact) mass is 155 g/mol. The first-order chi connectivity index (χ1) is 4.88. The predicted octanol–water partition coefficient (Wildman–Crippen LogP) is 1.79. The molecule has 0 N–H and O–H groups in total. The van der Waals surface area contributed by atoms with Gasteiger partial charge in [-0.15, -0.1) is 0 Å². The molecule has 0 bridgehead atoms. The topological polar surface area (TPSA) is 16.1 Å². The van der Waals surface area contributed by atoms with Gasteiger partial charge < -0.3 is 4.90 Å². The molecule has 1 heterocycles. The Morgan fingerprint density at radius 2 is 2.30 bits per heavy atom. The fourth-order valence-corrected chi connectivity index (χ4v) is 1.53. The molecule has 0 saturated carbocycles. The molecule has 0 fully saturated rings. The number of aromatic nitrogens is 1. The van der Waals surface area contributed by atoms with Gasteiger partial charge in [0.05, 0.1) is 5.38 Å². The van der Waals surface area contributed by atoms with Crippen molar-refractivity contribution >= 4 is 16.5 Å². The van der Waals surface area contributed by atoms with Gasteiger partial charge in [0.25, 0.3) is 0 Å². The van der Waals surface area contributed by atoms with Crippen LogP contribution in [-0.4, -0.2) is 18.1 Å². The van der Waals surface area contributed by atoms with Crippen molar-refractivity contribution in [1.29, 1.82) is 0 Å². The highest BCUT2D eigenvalue weighted by Crippen LogP contribution is 2.15. The SMILES string of the molecule is CCN(CC)c1nc[c]s1. The Hall–Kier alpha value is -0.570. The van der Waals surface area contributed by atoms with Crippen LogP contribution >= 0.6 is 11.3 Å². The minimum atomic E-state index is 1.03. The van der Waals surface area contributed by atoms with Crippen molar-refractivity contribution in [3.63, 3.8) is 0 Å². The van der Waals surface area contributed by atoms with Gasteiger partial charge in [-0.25, -0.2) is 4.98 Å². The second-order valence-corrected chi connectivity index (χ2v) is 2.74. The van der Waals surface area contributed by atoms with Crippen LogP contribution in [0.3, 0.4) is 0 Å². The molecule has 1 rings (SSSR count). The van der Waals surface area contributed by atoms with Crippen molar-refractivity contribution in [3.8, 4) is 0 Å². The van der Waals surface area contributed by atoms with Gasteiger partial charge in [-0.1, -0.05) is 11.3 Å². The summed E-state index contributed by atoms with van der Waals surface area (Å²) in [6.07, 6.45) is 1.72. The standard InChI is InChI=1S/C7H11N2S/c1-3-9(4-2)7-8-5-6-10-7/h5H,3-4H2,1-2H3. The van der Waals surface area contributed by atoms with E-state index in [-0.39, 0.29) is 0 Å². The quantitative estimate of drug-likeness (QED) is 0.661. The van der Waals surface area contributed by atoms with Crippen LogP contribution in [0.1, 0.15) is 13.8 Å². The Labute approximate surface area is 65.5 Å². The predicted molar refractivity (Wildman–Crippen MR) is 44.5 cm³/mol. The summed E-state index contributed by atoms with van der Waals surface area (Å²) >= 11 is 1.57. The molecule has 1 aromatic rings. The van der Waals surface area contributed by atoms with Gasteiger partial charge in [0.1, 0.15) is 0 Å². The maximum atomic E-state index is 4.15. The summed E-state index contributed by atoms with van der Waals surface area (Å²) < 4.78 is 0. The van der Waals surface area contributed by atoms with Crippen molar-refractivity contribution < 1.29 is 0 Å². The molecule has 2 nitrogen and oxygen atoms in total. The van der Waals surface area contributed by atoms with E-state index in [2.05, 4.69) is 29.1 Å². The average Bonchev–Trinajstić information content (AvgIpc) is 2.43. The van der Waals surface area contributed by atoms with Crippen LogP contribution < -0.4 is 4.90 Å². The first-order valence-corrected chi connectivity index (χ1v) is 4.27. The van der Waals surface area contributed by atoms with Gasteiger partial charge in [0.2, 0.25) is 0 Å². The molecule has 1 radical (unpaired) electrons.